The van der Waals surface area contributed by atoms with Crippen LogP contribution in [0.4, 0.5) is 14.5 Å². The number of rotatable bonds is 6. The smallest absolute Gasteiger partial charge is 0.387 e. The van der Waals surface area contributed by atoms with E-state index in [-0.39, 0.29) is 23.7 Å². The number of benzene rings is 3. The highest BCUT2D eigenvalue weighted by atomic mass is 32.2. The predicted molar refractivity (Wildman–Crippen MR) is 108 cm³/mol. The number of sulfonamides is 1. The van der Waals surface area contributed by atoms with Crippen LogP contribution in [-0.4, -0.2) is 39.4 Å². The molecule has 30 heavy (non-hydrogen) atoms. The van der Waals surface area contributed by atoms with Gasteiger partial charge in [0.25, 0.3) is 10.0 Å². The van der Waals surface area contributed by atoms with Crippen molar-refractivity contribution in [2.24, 2.45) is 0 Å². The SMILES string of the molecule is CN(Cc1ccc(OC(F)F)cc1)C(=O)CN1c2cccc3cccc(c23)S1(=O)=O. The molecule has 9 heteroatoms. The lowest BCUT2D eigenvalue weighted by Gasteiger charge is -2.23. The maximum atomic E-state index is 13.0. The number of hydrogen-bond acceptors (Lipinski definition) is 4. The van der Waals surface area contributed by atoms with Crippen molar-refractivity contribution in [2.75, 3.05) is 17.9 Å². The zero-order chi connectivity index (χ0) is 21.5. The quantitative estimate of drug-likeness (QED) is 0.597. The fourth-order valence-corrected chi connectivity index (χ4v) is 5.17. The minimum atomic E-state index is -3.82. The second kappa shape index (κ2) is 7.56. The Labute approximate surface area is 172 Å². The number of nitrogens with zero attached hydrogens (tertiary/aromatic N) is 2. The van der Waals surface area contributed by atoms with Gasteiger partial charge in [0.2, 0.25) is 5.91 Å². The van der Waals surface area contributed by atoms with Crippen molar-refractivity contribution < 1.29 is 26.7 Å². The van der Waals surface area contributed by atoms with E-state index in [9.17, 15) is 22.0 Å². The summed E-state index contributed by atoms with van der Waals surface area (Å²) in [5.41, 5.74) is 1.18. The Morgan fingerprint density at radius 1 is 1.07 bits per heavy atom. The summed E-state index contributed by atoms with van der Waals surface area (Å²) >= 11 is 0. The van der Waals surface area contributed by atoms with E-state index >= 15 is 0 Å². The number of halogens is 2. The Hall–Kier alpha value is -3.20. The predicted octanol–water partition coefficient (Wildman–Crippen LogP) is 3.61. The molecule has 1 aliphatic rings. The van der Waals surface area contributed by atoms with Crippen molar-refractivity contribution in [3.8, 4) is 5.75 Å². The second-order valence-electron chi connectivity index (χ2n) is 6.92. The van der Waals surface area contributed by atoms with Crippen LogP contribution in [0, 0.1) is 0 Å². The molecule has 6 nitrogen and oxygen atoms in total. The van der Waals surface area contributed by atoms with Gasteiger partial charge in [0.1, 0.15) is 12.3 Å². The average Bonchev–Trinajstić information content (AvgIpc) is 2.92. The average molecular weight is 432 g/mol. The minimum Gasteiger partial charge on any atom is -0.435 e. The number of carbonyl (C=O) groups is 1. The van der Waals surface area contributed by atoms with Gasteiger partial charge < -0.3 is 9.64 Å². The molecule has 0 radical (unpaired) electrons. The minimum absolute atomic E-state index is 0.0248. The van der Waals surface area contributed by atoms with Crippen LogP contribution in [0.2, 0.25) is 0 Å². The summed E-state index contributed by atoms with van der Waals surface area (Å²) in [6.07, 6.45) is 0. The van der Waals surface area contributed by atoms with Gasteiger partial charge in [-0.2, -0.15) is 8.78 Å². The summed E-state index contributed by atoms with van der Waals surface area (Å²) in [6.45, 7) is -3.05. The maximum Gasteiger partial charge on any atom is 0.387 e. The van der Waals surface area contributed by atoms with Crippen molar-refractivity contribution in [1.82, 2.24) is 4.90 Å². The highest BCUT2D eigenvalue weighted by Crippen LogP contribution is 2.41. The summed E-state index contributed by atoms with van der Waals surface area (Å²) < 4.78 is 55.9. The van der Waals surface area contributed by atoms with Crippen LogP contribution >= 0.6 is 0 Å². The number of likely N-dealkylation sites (N-methyl/N-ethyl adjacent to an activating group) is 1. The molecule has 3 aromatic carbocycles. The first-order chi connectivity index (χ1) is 14.3. The summed E-state index contributed by atoms with van der Waals surface area (Å²) in [5, 5.41) is 1.41. The lowest BCUT2D eigenvalue weighted by atomic mass is 10.1. The summed E-state index contributed by atoms with van der Waals surface area (Å²) in [6, 6.07) is 16.3. The zero-order valence-electron chi connectivity index (χ0n) is 16.0. The highest BCUT2D eigenvalue weighted by molar-refractivity contribution is 7.93. The van der Waals surface area contributed by atoms with Crippen LogP contribution in [0.5, 0.6) is 5.75 Å². The van der Waals surface area contributed by atoms with Crippen LogP contribution in [0.1, 0.15) is 5.56 Å². The molecule has 1 amide bonds. The van der Waals surface area contributed by atoms with E-state index in [1.54, 1.807) is 43.4 Å². The lowest BCUT2D eigenvalue weighted by molar-refractivity contribution is -0.128. The maximum absolute atomic E-state index is 13.0. The van der Waals surface area contributed by atoms with Crippen LogP contribution in [-0.2, 0) is 21.4 Å². The molecule has 0 aromatic heterocycles. The van der Waals surface area contributed by atoms with Gasteiger partial charge in [-0.15, -0.1) is 0 Å². The van der Waals surface area contributed by atoms with E-state index in [1.165, 1.54) is 17.0 Å². The van der Waals surface area contributed by atoms with Gasteiger partial charge in [0.05, 0.1) is 10.6 Å². The highest BCUT2D eigenvalue weighted by Gasteiger charge is 2.37. The van der Waals surface area contributed by atoms with Crippen LogP contribution in [0.3, 0.4) is 0 Å². The standard InChI is InChI=1S/C21H18F2N2O4S/c1-24(12-14-8-10-16(11-9-14)29-21(22)23)19(26)13-25-17-6-2-4-15-5-3-7-18(20(15)17)30(25,27)28/h2-11,21H,12-13H2,1H3. The lowest BCUT2D eigenvalue weighted by Crippen LogP contribution is -2.39. The first-order valence-corrected chi connectivity index (χ1v) is 10.5. The van der Waals surface area contributed by atoms with Crippen molar-refractivity contribution in [3.63, 3.8) is 0 Å². The molecule has 0 fully saturated rings. The van der Waals surface area contributed by atoms with E-state index < -0.39 is 22.5 Å². The van der Waals surface area contributed by atoms with Gasteiger partial charge >= 0.3 is 6.61 Å². The first-order valence-electron chi connectivity index (χ1n) is 9.09. The van der Waals surface area contributed by atoms with E-state index in [2.05, 4.69) is 4.74 Å². The van der Waals surface area contributed by atoms with Gasteiger partial charge in [-0.25, -0.2) is 8.42 Å². The summed E-state index contributed by atoms with van der Waals surface area (Å²) in [5.74, 6) is -0.368. The molecule has 0 saturated heterocycles. The largest absolute Gasteiger partial charge is 0.435 e. The van der Waals surface area contributed by atoms with Crippen molar-refractivity contribution in [3.05, 3.63) is 66.2 Å². The number of carbonyl (C=O) groups excluding carboxylic acids is 1. The van der Waals surface area contributed by atoms with E-state index in [4.69, 9.17) is 0 Å². The monoisotopic (exact) mass is 432 g/mol. The molecule has 3 aromatic rings. The Balaban J connectivity index is 1.51. The Morgan fingerprint density at radius 2 is 1.73 bits per heavy atom. The van der Waals surface area contributed by atoms with Crippen LogP contribution in [0.25, 0.3) is 10.8 Å². The van der Waals surface area contributed by atoms with Gasteiger partial charge in [-0.3, -0.25) is 9.10 Å². The Bertz CT molecular complexity index is 1210. The number of ether oxygens (including phenoxy) is 1. The van der Waals surface area contributed by atoms with Gasteiger partial charge in [0, 0.05) is 19.0 Å². The van der Waals surface area contributed by atoms with Gasteiger partial charge in [0.15, 0.2) is 0 Å². The fraction of sp³-hybridized carbons (Fsp3) is 0.190. The molecule has 1 heterocycles. The Morgan fingerprint density at radius 3 is 2.40 bits per heavy atom. The molecule has 1 aliphatic heterocycles. The molecule has 0 saturated carbocycles. The van der Waals surface area contributed by atoms with E-state index in [1.807, 2.05) is 12.1 Å². The Kier molecular flexibility index (Phi) is 5.07. The first kappa shape index (κ1) is 20.1. The molecule has 0 N–H and O–H groups in total. The number of hydrogen-bond donors (Lipinski definition) is 0. The number of amides is 1. The van der Waals surface area contributed by atoms with Crippen molar-refractivity contribution >= 4 is 32.4 Å². The molecule has 0 atom stereocenters. The van der Waals surface area contributed by atoms with Gasteiger partial charge in [-0.1, -0.05) is 36.4 Å². The fourth-order valence-electron chi connectivity index (χ4n) is 3.51. The summed E-state index contributed by atoms with van der Waals surface area (Å²) in [7, 11) is -2.26. The number of alkyl halides is 2. The molecule has 0 aliphatic carbocycles. The third kappa shape index (κ3) is 3.56. The second-order valence-corrected chi connectivity index (χ2v) is 8.75. The van der Waals surface area contributed by atoms with Crippen LogP contribution < -0.4 is 9.04 Å². The zero-order valence-corrected chi connectivity index (χ0v) is 16.8. The summed E-state index contributed by atoms with van der Waals surface area (Å²) in [4.78, 5) is 14.4. The third-order valence-corrected chi connectivity index (χ3v) is 6.76. The molecule has 0 bridgehead atoms. The van der Waals surface area contributed by atoms with Gasteiger partial charge in [-0.05, 0) is 35.2 Å². The van der Waals surface area contributed by atoms with Crippen LogP contribution in [0.15, 0.2) is 65.6 Å². The molecule has 0 spiro atoms. The normalized spacial score (nSPS) is 14.3. The molecular formula is C21H18F2N2O4S. The third-order valence-electron chi connectivity index (χ3n) is 4.95. The molecular weight excluding hydrogens is 414 g/mol. The topological polar surface area (TPSA) is 66.9 Å². The molecule has 156 valence electrons. The van der Waals surface area contributed by atoms with E-state index in [0.717, 1.165) is 9.69 Å². The molecule has 0 unspecified atom stereocenters. The van der Waals surface area contributed by atoms with Crippen molar-refractivity contribution in [2.45, 2.75) is 18.1 Å². The molecule has 4 rings (SSSR count). The van der Waals surface area contributed by atoms with E-state index in [0.29, 0.717) is 16.6 Å². The van der Waals surface area contributed by atoms with Crippen molar-refractivity contribution in [1.29, 1.82) is 0 Å². The number of anilines is 1.